The minimum absolute atomic E-state index is 0.109. The Kier molecular flexibility index (Phi) is 5.18. The summed E-state index contributed by atoms with van der Waals surface area (Å²) in [5.74, 6) is -0.362. The van der Waals surface area contributed by atoms with Gasteiger partial charge in [-0.1, -0.05) is 13.0 Å². The number of benzene rings is 1. The zero-order chi connectivity index (χ0) is 15.2. The summed E-state index contributed by atoms with van der Waals surface area (Å²) in [7, 11) is 0. The summed E-state index contributed by atoms with van der Waals surface area (Å²) in [6, 6.07) is 8.20. The Labute approximate surface area is 125 Å². The van der Waals surface area contributed by atoms with E-state index in [2.05, 4.69) is 23.2 Å². The van der Waals surface area contributed by atoms with Crippen molar-refractivity contribution in [2.45, 2.75) is 26.3 Å². The van der Waals surface area contributed by atoms with Crippen LogP contribution in [0.3, 0.4) is 0 Å². The van der Waals surface area contributed by atoms with Gasteiger partial charge in [-0.05, 0) is 37.1 Å². The van der Waals surface area contributed by atoms with Crippen molar-refractivity contribution in [1.82, 2.24) is 5.32 Å². The molecule has 1 atom stereocenters. The second-order valence-corrected chi connectivity index (χ2v) is 5.47. The molecule has 5 nitrogen and oxygen atoms in total. The molecule has 1 unspecified atom stereocenters. The van der Waals surface area contributed by atoms with Gasteiger partial charge in [0.05, 0.1) is 17.2 Å². The van der Waals surface area contributed by atoms with E-state index in [9.17, 15) is 10.1 Å². The first-order valence-electron chi connectivity index (χ1n) is 7.43. The fourth-order valence-electron chi connectivity index (χ4n) is 2.68. The number of primary amides is 1. The first-order chi connectivity index (χ1) is 10.2. The smallest absolute Gasteiger partial charge is 0.222 e. The molecular formula is C16H22N4O. The average molecular weight is 286 g/mol. The third kappa shape index (κ3) is 3.73. The van der Waals surface area contributed by atoms with Crippen molar-refractivity contribution >= 4 is 11.6 Å². The third-order valence-corrected chi connectivity index (χ3v) is 3.87. The van der Waals surface area contributed by atoms with E-state index < -0.39 is 0 Å². The molecule has 0 radical (unpaired) electrons. The predicted molar refractivity (Wildman–Crippen MR) is 82.7 cm³/mol. The van der Waals surface area contributed by atoms with Gasteiger partial charge in [0.1, 0.15) is 6.07 Å². The number of carbonyl (C=O) groups is 1. The summed E-state index contributed by atoms with van der Waals surface area (Å²) in [6.07, 6.45) is 1.85. The lowest BCUT2D eigenvalue weighted by molar-refractivity contribution is -0.121. The standard InChI is InChI=1S/C16H22N4O/c1-2-6-19-10-12-3-4-15(14(8-12)9-17)20-7-5-13(11-20)16(18)21/h3-4,8,13,19H,2,5-7,10-11H2,1H3,(H2,18,21). The van der Waals surface area contributed by atoms with Gasteiger partial charge in [-0.3, -0.25) is 4.79 Å². The number of nitrogens with one attached hydrogen (secondary N) is 1. The number of hydrogen-bond donors (Lipinski definition) is 2. The highest BCUT2D eigenvalue weighted by atomic mass is 16.1. The van der Waals surface area contributed by atoms with Gasteiger partial charge in [-0.15, -0.1) is 0 Å². The van der Waals surface area contributed by atoms with Gasteiger partial charge < -0.3 is 16.0 Å². The molecule has 1 saturated heterocycles. The van der Waals surface area contributed by atoms with Crippen LogP contribution in [0.1, 0.15) is 30.9 Å². The molecule has 5 heteroatoms. The van der Waals surface area contributed by atoms with Gasteiger partial charge in [0.25, 0.3) is 0 Å². The highest BCUT2D eigenvalue weighted by Crippen LogP contribution is 2.27. The summed E-state index contributed by atoms with van der Waals surface area (Å²) in [4.78, 5) is 13.3. The van der Waals surface area contributed by atoms with E-state index in [0.717, 1.165) is 43.7 Å². The molecule has 0 spiro atoms. The van der Waals surface area contributed by atoms with E-state index in [-0.39, 0.29) is 11.8 Å². The van der Waals surface area contributed by atoms with Gasteiger partial charge in [0.2, 0.25) is 5.91 Å². The summed E-state index contributed by atoms with van der Waals surface area (Å²) < 4.78 is 0. The van der Waals surface area contributed by atoms with Crippen molar-refractivity contribution in [3.8, 4) is 6.07 Å². The maximum absolute atomic E-state index is 11.3. The fraction of sp³-hybridized carbons (Fsp3) is 0.500. The molecule has 1 aliphatic heterocycles. The van der Waals surface area contributed by atoms with Crippen molar-refractivity contribution in [2.24, 2.45) is 11.7 Å². The molecule has 1 aromatic carbocycles. The maximum Gasteiger partial charge on any atom is 0.222 e. The third-order valence-electron chi connectivity index (χ3n) is 3.87. The summed E-state index contributed by atoms with van der Waals surface area (Å²) in [5, 5.41) is 12.7. The van der Waals surface area contributed by atoms with Crippen LogP contribution in [0.15, 0.2) is 18.2 Å². The lowest BCUT2D eigenvalue weighted by Crippen LogP contribution is -2.27. The van der Waals surface area contributed by atoms with Crippen LogP contribution in [0.2, 0.25) is 0 Å². The van der Waals surface area contributed by atoms with Gasteiger partial charge >= 0.3 is 0 Å². The number of hydrogen-bond acceptors (Lipinski definition) is 4. The van der Waals surface area contributed by atoms with Gasteiger partial charge in [-0.2, -0.15) is 5.26 Å². The Morgan fingerprint density at radius 2 is 2.38 bits per heavy atom. The van der Waals surface area contributed by atoms with Crippen molar-refractivity contribution in [3.63, 3.8) is 0 Å². The highest BCUT2D eigenvalue weighted by molar-refractivity contribution is 5.78. The Morgan fingerprint density at radius 3 is 3.00 bits per heavy atom. The molecule has 1 fully saturated rings. The molecule has 21 heavy (non-hydrogen) atoms. The normalized spacial score (nSPS) is 17.7. The topological polar surface area (TPSA) is 82.2 Å². The molecule has 0 aliphatic carbocycles. The van der Waals surface area contributed by atoms with E-state index in [1.54, 1.807) is 0 Å². The van der Waals surface area contributed by atoms with Gasteiger partial charge in [0.15, 0.2) is 0 Å². The molecule has 1 heterocycles. The first kappa shape index (κ1) is 15.3. The SMILES string of the molecule is CCCNCc1ccc(N2CCC(C(N)=O)C2)c(C#N)c1. The van der Waals surface area contributed by atoms with Crippen LogP contribution < -0.4 is 16.0 Å². The largest absolute Gasteiger partial charge is 0.370 e. The highest BCUT2D eigenvalue weighted by Gasteiger charge is 2.27. The number of carbonyl (C=O) groups excluding carboxylic acids is 1. The molecule has 1 amide bonds. The second kappa shape index (κ2) is 7.09. The van der Waals surface area contributed by atoms with E-state index in [0.29, 0.717) is 12.1 Å². The Bertz CT molecular complexity index is 550. The molecule has 2 rings (SSSR count). The molecule has 1 aliphatic rings. The minimum Gasteiger partial charge on any atom is -0.370 e. The maximum atomic E-state index is 11.3. The van der Waals surface area contributed by atoms with E-state index in [1.807, 2.05) is 18.2 Å². The lowest BCUT2D eigenvalue weighted by atomic mass is 10.1. The van der Waals surface area contributed by atoms with Crippen LogP contribution >= 0.6 is 0 Å². The number of rotatable bonds is 6. The van der Waals surface area contributed by atoms with Gasteiger partial charge in [-0.25, -0.2) is 0 Å². The monoisotopic (exact) mass is 286 g/mol. The number of nitriles is 1. The quantitative estimate of drug-likeness (QED) is 0.774. The summed E-state index contributed by atoms with van der Waals surface area (Å²) >= 11 is 0. The first-order valence-corrected chi connectivity index (χ1v) is 7.43. The Morgan fingerprint density at radius 1 is 1.57 bits per heavy atom. The van der Waals surface area contributed by atoms with Crippen LogP contribution in [0.25, 0.3) is 0 Å². The molecule has 0 bridgehead atoms. The summed E-state index contributed by atoms with van der Waals surface area (Å²) in [5.41, 5.74) is 8.03. The minimum atomic E-state index is -0.253. The average Bonchev–Trinajstić information content (AvgIpc) is 2.97. The molecule has 112 valence electrons. The van der Waals surface area contributed by atoms with Crippen LogP contribution in [-0.2, 0) is 11.3 Å². The Hall–Kier alpha value is -2.06. The number of nitrogens with zero attached hydrogens (tertiary/aromatic N) is 2. The molecule has 3 N–H and O–H groups in total. The lowest BCUT2D eigenvalue weighted by Gasteiger charge is -2.20. The van der Waals surface area contributed by atoms with Crippen LogP contribution in [-0.4, -0.2) is 25.5 Å². The molecule has 1 aromatic rings. The zero-order valence-electron chi connectivity index (χ0n) is 12.4. The number of nitrogens with two attached hydrogens (primary N) is 1. The van der Waals surface area contributed by atoms with Crippen LogP contribution in [0.4, 0.5) is 5.69 Å². The molecular weight excluding hydrogens is 264 g/mol. The van der Waals surface area contributed by atoms with Crippen molar-refractivity contribution in [3.05, 3.63) is 29.3 Å². The second-order valence-electron chi connectivity index (χ2n) is 5.47. The van der Waals surface area contributed by atoms with Crippen LogP contribution in [0, 0.1) is 17.2 Å². The predicted octanol–water partition coefficient (Wildman–Crippen LogP) is 1.37. The zero-order valence-corrected chi connectivity index (χ0v) is 12.4. The van der Waals surface area contributed by atoms with Crippen LogP contribution in [0.5, 0.6) is 0 Å². The molecule has 0 saturated carbocycles. The molecule has 0 aromatic heterocycles. The number of amides is 1. The van der Waals surface area contributed by atoms with Crippen molar-refractivity contribution in [2.75, 3.05) is 24.5 Å². The van der Waals surface area contributed by atoms with Gasteiger partial charge in [0, 0.05) is 19.6 Å². The van der Waals surface area contributed by atoms with E-state index in [1.165, 1.54) is 0 Å². The van der Waals surface area contributed by atoms with E-state index >= 15 is 0 Å². The fourth-order valence-corrected chi connectivity index (χ4v) is 2.68. The van der Waals surface area contributed by atoms with E-state index in [4.69, 9.17) is 5.73 Å². The summed E-state index contributed by atoms with van der Waals surface area (Å²) in [6.45, 7) is 5.25. The Balaban J connectivity index is 2.10. The van der Waals surface area contributed by atoms with Crippen molar-refractivity contribution in [1.29, 1.82) is 5.26 Å². The van der Waals surface area contributed by atoms with Crippen molar-refractivity contribution < 1.29 is 4.79 Å². The number of anilines is 1.